The van der Waals surface area contributed by atoms with Crippen LogP contribution >= 0.6 is 0 Å². The van der Waals surface area contributed by atoms with Gasteiger partial charge in [0, 0.05) is 23.8 Å². The molecule has 0 spiro atoms. The van der Waals surface area contributed by atoms with E-state index in [4.69, 9.17) is 5.73 Å². The molecule has 6 nitrogen and oxygen atoms in total. The van der Waals surface area contributed by atoms with Gasteiger partial charge in [0.1, 0.15) is 0 Å². The van der Waals surface area contributed by atoms with Gasteiger partial charge in [-0.05, 0) is 69.0 Å². The quantitative estimate of drug-likeness (QED) is 0.716. The highest BCUT2D eigenvalue weighted by Crippen LogP contribution is 2.27. The standard InChI is InChI=1S/C21H32N4O2/c22-19-7-5-6-16(19)14-20(26)23-17-8-10-18(11-9-17)24-21(27)15-25-12-3-1-2-4-13-25/h8-11,16,19H,1-7,12-15,22H2,(H,23,26)(H,24,27)/t16-,19+/m0/s1. The van der Waals surface area contributed by atoms with Gasteiger partial charge >= 0.3 is 0 Å². The summed E-state index contributed by atoms with van der Waals surface area (Å²) in [6.45, 7) is 2.45. The van der Waals surface area contributed by atoms with Crippen molar-refractivity contribution in [1.29, 1.82) is 0 Å². The second kappa shape index (κ2) is 9.85. The lowest BCUT2D eigenvalue weighted by molar-refractivity contribution is -0.118. The molecule has 1 aromatic rings. The summed E-state index contributed by atoms with van der Waals surface area (Å²) in [6.07, 6.45) is 8.53. The van der Waals surface area contributed by atoms with Crippen molar-refractivity contribution in [2.45, 2.75) is 57.4 Å². The van der Waals surface area contributed by atoms with Gasteiger partial charge in [0.15, 0.2) is 0 Å². The molecular formula is C21H32N4O2. The van der Waals surface area contributed by atoms with Crippen LogP contribution < -0.4 is 16.4 Å². The smallest absolute Gasteiger partial charge is 0.238 e. The lowest BCUT2D eigenvalue weighted by Gasteiger charge is -2.19. The summed E-state index contributed by atoms with van der Waals surface area (Å²) in [5.74, 6) is 0.321. The minimum atomic E-state index is 0.00954. The maximum absolute atomic E-state index is 12.2. The van der Waals surface area contributed by atoms with Gasteiger partial charge in [-0.15, -0.1) is 0 Å². The molecule has 0 bridgehead atoms. The highest BCUT2D eigenvalue weighted by Gasteiger charge is 2.26. The van der Waals surface area contributed by atoms with Crippen LogP contribution in [-0.4, -0.2) is 42.4 Å². The zero-order valence-corrected chi connectivity index (χ0v) is 16.1. The van der Waals surface area contributed by atoms with Crippen LogP contribution in [0.3, 0.4) is 0 Å². The Kier molecular flexibility index (Phi) is 7.24. The second-order valence-corrected chi connectivity index (χ2v) is 7.92. The Bertz CT molecular complexity index is 624. The first-order valence-corrected chi connectivity index (χ1v) is 10.3. The van der Waals surface area contributed by atoms with Gasteiger partial charge in [-0.25, -0.2) is 0 Å². The Morgan fingerprint density at radius 2 is 1.48 bits per heavy atom. The fourth-order valence-corrected chi connectivity index (χ4v) is 4.10. The summed E-state index contributed by atoms with van der Waals surface area (Å²) >= 11 is 0. The van der Waals surface area contributed by atoms with Gasteiger partial charge in [-0.1, -0.05) is 19.3 Å². The number of carbonyl (C=O) groups is 2. The number of nitrogens with zero attached hydrogens (tertiary/aromatic N) is 1. The fraction of sp³-hybridized carbons (Fsp3) is 0.619. The average Bonchev–Trinajstić information content (AvgIpc) is 2.88. The van der Waals surface area contributed by atoms with Crippen molar-refractivity contribution in [3.05, 3.63) is 24.3 Å². The highest BCUT2D eigenvalue weighted by molar-refractivity contribution is 5.93. The maximum Gasteiger partial charge on any atom is 0.238 e. The molecule has 4 N–H and O–H groups in total. The molecule has 2 aliphatic rings. The summed E-state index contributed by atoms with van der Waals surface area (Å²) in [4.78, 5) is 26.7. The van der Waals surface area contributed by atoms with Crippen molar-refractivity contribution in [3.63, 3.8) is 0 Å². The number of amides is 2. The molecule has 2 fully saturated rings. The van der Waals surface area contributed by atoms with E-state index in [1.807, 2.05) is 24.3 Å². The van der Waals surface area contributed by atoms with Crippen LogP contribution in [0, 0.1) is 5.92 Å². The molecule has 1 aromatic carbocycles. The van der Waals surface area contributed by atoms with E-state index in [1.54, 1.807) is 0 Å². The Morgan fingerprint density at radius 1 is 0.889 bits per heavy atom. The van der Waals surface area contributed by atoms with E-state index in [0.717, 1.165) is 43.7 Å². The van der Waals surface area contributed by atoms with Crippen molar-refractivity contribution in [2.24, 2.45) is 11.7 Å². The minimum absolute atomic E-state index is 0.00954. The molecule has 27 heavy (non-hydrogen) atoms. The number of rotatable bonds is 6. The summed E-state index contributed by atoms with van der Waals surface area (Å²) in [6, 6.07) is 7.47. The number of carbonyl (C=O) groups excluding carboxylic acids is 2. The largest absolute Gasteiger partial charge is 0.327 e. The average molecular weight is 373 g/mol. The molecule has 1 saturated heterocycles. The van der Waals surface area contributed by atoms with Crippen molar-refractivity contribution < 1.29 is 9.59 Å². The number of anilines is 2. The van der Waals surface area contributed by atoms with E-state index in [1.165, 1.54) is 25.7 Å². The van der Waals surface area contributed by atoms with Gasteiger partial charge < -0.3 is 16.4 Å². The predicted octanol–water partition coefficient (Wildman–Crippen LogP) is 2.96. The second-order valence-electron chi connectivity index (χ2n) is 7.92. The molecule has 3 rings (SSSR count). The van der Waals surface area contributed by atoms with Crippen LogP contribution in [0.4, 0.5) is 11.4 Å². The van der Waals surface area contributed by atoms with Gasteiger partial charge in [0.25, 0.3) is 0 Å². The van der Waals surface area contributed by atoms with Gasteiger partial charge in [0.2, 0.25) is 11.8 Å². The topological polar surface area (TPSA) is 87.5 Å². The number of hydrogen-bond acceptors (Lipinski definition) is 4. The van der Waals surface area contributed by atoms with Gasteiger partial charge in [-0.2, -0.15) is 0 Å². The third kappa shape index (κ3) is 6.33. The minimum Gasteiger partial charge on any atom is -0.327 e. The van der Waals surface area contributed by atoms with E-state index in [9.17, 15) is 9.59 Å². The molecule has 2 amide bonds. The van der Waals surface area contributed by atoms with E-state index in [-0.39, 0.29) is 17.9 Å². The van der Waals surface area contributed by atoms with Crippen molar-refractivity contribution in [1.82, 2.24) is 4.90 Å². The van der Waals surface area contributed by atoms with Crippen LogP contribution in [0.1, 0.15) is 51.4 Å². The zero-order chi connectivity index (χ0) is 19.1. The Morgan fingerprint density at radius 3 is 2.04 bits per heavy atom. The summed E-state index contributed by atoms with van der Waals surface area (Å²) < 4.78 is 0. The van der Waals surface area contributed by atoms with Crippen molar-refractivity contribution >= 4 is 23.2 Å². The lowest BCUT2D eigenvalue weighted by Crippen LogP contribution is -2.33. The molecule has 1 aliphatic heterocycles. The third-order valence-electron chi connectivity index (χ3n) is 5.68. The lowest BCUT2D eigenvalue weighted by atomic mass is 10.00. The first-order valence-electron chi connectivity index (χ1n) is 10.3. The Hall–Kier alpha value is -1.92. The molecular weight excluding hydrogens is 340 g/mol. The highest BCUT2D eigenvalue weighted by atomic mass is 16.2. The van der Waals surface area contributed by atoms with Crippen LogP contribution in [0.15, 0.2) is 24.3 Å². The predicted molar refractivity (Wildman–Crippen MR) is 109 cm³/mol. The number of hydrogen-bond donors (Lipinski definition) is 3. The molecule has 1 aliphatic carbocycles. The number of likely N-dealkylation sites (tertiary alicyclic amines) is 1. The third-order valence-corrected chi connectivity index (χ3v) is 5.68. The van der Waals surface area contributed by atoms with Crippen LogP contribution in [0.25, 0.3) is 0 Å². The maximum atomic E-state index is 12.2. The molecule has 1 heterocycles. The van der Waals surface area contributed by atoms with Gasteiger partial charge in [-0.3, -0.25) is 14.5 Å². The number of benzene rings is 1. The normalized spacial score (nSPS) is 23.6. The van der Waals surface area contributed by atoms with E-state index >= 15 is 0 Å². The Labute approximate surface area is 161 Å². The van der Waals surface area contributed by atoms with Crippen molar-refractivity contribution in [3.8, 4) is 0 Å². The van der Waals surface area contributed by atoms with Crippen LogP contribution in [-0.2, 0) is 9.59 Å². The molecule has 6 heteroatoms. The molecule has 1 saturated carbocycles. The zero-order valence-electron chi connectivity index (χ0n) is 16.1. The molecule has 148 valence electrons. The SMILES string of the molecule is N[C@@H]1CCC[C@H]1CC(=O)Nc1ccc(NC(=O)CN2CCCCCC2)cc1. The van der Waals surface area contributed by atoms with Crippen molar-refractivity contribution in [2.75, 3.05) is 30.3 Å². The monoisotopic (exact) mass is 372 g/mol. The van der Waals surface area contributed by atoms with E-state index in [0.29, 0.717) is 18.9 Å². The summed E-state index contributed by atoms with van der Waals surface area (Å²) in [5.41, 5.74) is 7.54. The van der Waals surface area contributed by atoms with Crippen LogP contribution in [0.5, 0.6) is 0 Å². The number of nitrogens with two attached hydrogens (primary N) is 1. The molecule has 2 atom stereocenters. The van der Waals surface area contributed by atoms with Gasteiger partial charge in [0.05, 0.1) is 6.54 Å². The molecule has 0 radical (unpaired) electrons. The number of nitrogens with one attached hydrogen (secondary N) is 2. The van der Waals surface area contributed by atoms with E-state index < -0.39 is 0 Å². The van der Waals surface area contributed by atoms with Crippen LogP contribution in [0.2, 0.25) is 0 Å². The summed E-state index contributed by atoms with van der Waals surface area (Å²) in [7, 11) is 0. The fourth-order valence-electron chi connectivity index (χ4n) is 4.10. The van der Waals surface area contributed by atoms with E-state index in [2.05, 4.69) is 15.5 Å². The first kappa shape index (κ1) is 19.8. The Balaban J connectivity index is 1.43. The molecule has 0 aromatic heterocycles. The molecule has 0 unspecified atom stereocenters. The first-order chi connectivity index (χ1) is 13.1. The summed E-state index contributed by atoms with van der Waals surface area (Å²) in [5, 5.41) is 5.87.